The van der Waals surface area contributed by atoms with Crippen LogP contribution in [0.25, 0.3) is 0 Å². The van der Waals surface area contributed by atoms with Crippen molar-refractivity contribution in [3.8, 4) is 0 Å². The van der Waals surface area contributed by atoms with Crippen LogP contribution < -0.4 is 0 Å². The first-order valence-electron chi connectivity index (χ1n) is 5.81. The van der Waals surface area contributed by atoms with Crippen molar-refractivity contribution >= 4 is 0 Å². The van der Waals surface area contributed by atoms with Gasteiger partial charge in [-0.2, -0.15) is 79.0 Å². The smallest absolute Gasteiger partial charge is 0.304 e. The number of hydrogen-bond donors (Lipinski definition) is 0. The first kappa shape index (κ1) is 24.7. The second kappa shape index (κ2) is 5.44. The fourth-order valence-electron chi connectivity index (χ4n) is 1.99. The zero-order chi connectivity index (χ0) is 23.2. The molecule has 1 aliphatic rings. The van der Waals surface area contributed by atoms with E-state index in [4.69, 9.17) is 0 Å². The molecule has 0 radical (unpaired) electrons. The van der Waals surface area contributed by atoms with Gasteiger partial charge < -0.3 is 4.74 Å². The summed E-state index contributed by atoms with van der Waals surface area (Å²) in [5.41, 5.74) is -8.31. The third-order valence-corrected chi connectivity index (χ3v) is 3.48. The van der Waals surface area contributed by atoms with Gasteiger partial charge >= 0.3 is 53.7 Å². The van der Waals surface area contributed by atoms with E-state index in [1.54, 1.807) is 0 Å². The van der Waals surface area contributed by atoms with Gasteiger partial charge in [-0.3, -0.25) is 0 Å². The minimum absolute atomic E-state index is 1.28. The third kappa shape index (κ3) is 2.36. The number of hydrogen-bond acceptors (Lipinski definition) is 1. The Morgan fingerprint density at radius 2 is 0.607 bits per heavy atom. The van der Waals surface area contributed by atoms with Gasteiger partial charge in [-0.1, -0.05) is 0 Å². The Morgan fingerprint density at radius 1 is 0.393 bits per heavy atom. The molecule has 0 N–H and O–H groups in total. The van der Waals surface area contributed by atoms with Crippen LogP contribution in [-0.4, -0.2) is 53.7 Å². The van der Waals surface area contributed by atoms with E-state index < -0.39 is 53.7 Å². The molecule has 0 bridgehead atoms. The fourth-order valence-corrected chi connectivity index (χ4v) is 1.99. The average Bonchev–Trinajstić information content (AvgIpc) is 2.42. The van der Waals surface area contributed by atoms with Crippen LogP contribution in [0.3, 0.4) is 0 Å². The second-order valence-corrected chi connectivity index (χ2v) is 5.17. The predicted molar refractivity (Wildman–Crippen MR) is 45.6 cm³/mol. The van der Waals surface area contributed by atoms with Gasteiger partial charge in [0.15, 0.2) is 0 Å². The summed E-state index contributed by atoms with van der Waals surface area (Å²) in [7, 11) is 0. The lowest BCUT2D eigenvalue weighted by molar-refractivity contribution is -0.514. The van der Waals surface area contributed by atoms with E-state index in [0.717, 1.165) is 0 Å². The monoisotopic (exact) mass is 466 g/mol. The van der Waals surface area contributed by atoms with E-state index in [9.17, 15) is 79.0 Å². The Labute approximate surface area is 139 Å². The molecular formula is C9F18O. The molecule has 0 saturated heterocycles. The molecule has 1 fully saturated rings. The molecule has 28 heavy (non-hydrogen) atoms. The molecule has 0 heterocycles. The lowest BCUT2D eigenvalue weighted by atomic mass is 9.99. The van der Waals surface area contributed by atoms with Crippen molar-refractivity contribution in [2.75, 3.05) is 0 Å². The summed E-state index contributed by atoms with van der Waals surface area (Å²) >= 11 is 0. The lowest BCUT2D eigenvalue weighted by Gasteiger charge is -2.43. The summed E-state index contributed by atoms with van der Waals surface area (Å²) < 4.78 is 231. The summed E-state index contributed by atoms with van der Waals surface area (Å²) in [6.45, 7) is 0. The van der Waals surface area contributed by atoms with Gasteiger partial charge in [0.05, 0.1) is 0 Å². The fraction of sp³-hybridized carbons (Fsp3) is 1.00. The number of alkyl halides is 18. The van der Waals surface area contributed by atoms with Crippen LogP contribution in [0.5, 0.6) is 0 Å². The van der Waals surface area contributed by atoms with E-state index in [-0.39, 0.29) is 0 Å². The molecule has 0 unspecified atom stereocenters. The second-order valence-electron chi connectivity index (χ2n) is 5.17. The predicted octanol–water partition coefficient (Wildman–Crippen LogP) is 5.65. The minimum atomic E-state index is -8.31. The molecule has 0 aromatic carbocycles. The highest BCUT2D eigenvalue weighted by Gasteiger charge is 3.04. The van der Waals surface area contributed by atoms with E-state index >= 15 is 0 Å². The highest BCUT2D eigenvalue weighted by atomic mass is 19.4. The molecular weight excluding hydrogens is 466 g/mol. The van der Waals surface area contributed by atoms with E-state index in [2.05, 4.69) is 0 Å². The van der Waals surface area contributed by atoms with Crippen molar-refractivity contribution in [2.24, 2.45) is 0 Å². The number of ether oxygens (including phenoxy) is 1. The van der Waals surface area contributed by atoms with Crippen LogP contribution in [0.1, 0.15) is 0 Å². The van der Waals surface area contributed by atoms with Crippen molar-refractivity contribution in [1.82, 2.24) is 0 Å². The molecule has 1 rings (SSSR count). The van der Waals surface area contributed by atoms with Crippen molar-refractivity contribution in [2.45, 2.75) is 53.7 Å². The van der Waals surface area contributed by atoms with Gasteiger partial charge in [0, 0.05) is 0 Å². The van der Waals surface area contributed by atoms with Gasteiger partial charge in [0.2, 0.25) is 0 Å². The molecule has 0 aromatic rings. The van der Waals surface area contributed by atoms with Crippen molar-refractivity contribution in [3.63, 3.8) is 0 Å². The van der Waals surface area contributed by atoms with Gasteiger partial charge in [-0.05, 0) is 0 Å². The van der Waals surface area contributed by atoms with Gasteiger partial charge in [-0.15, -0.1) is 0 Å². The van der Waals surface area contributed by atoms with Gasteiger partial charge in [-0.25, -0.2) is 0 Å². The largest absolute Gasteiger partial charge is 0.435 e. The standard InChI is InChI=1S/C9F18O/c10-2(11)3(12,13)5(16,17)6(18,4(2,14)15)28-1(7(19,20)21,8(22,23)24)9(25,26)27. The summed E-state index contributed by atoms with van der Waals surface area (Å²) in [5, 5.41) is 0. The normalized spacial score (nSPS) is 26.4. The zero-order valence-corrected chi connectivity index (χ0v) is 11.7. The van der Waals surface area contributed by atoms with Crippen LogP contribution in [0.4, 0.5) is 79.0 Å². The molecule has 0 aliphatic heterocycles. The zero-order valence-electron chi connectivity index (χ0n) is 11.7. The number of halogens is 18. The SMILES string of the molecule is FC(F)(F)C(OC1(F)C(F)(F)C(F)(F)C(F)(F)C1(F)F)(C(F)(F)F)C(F)(F)F. The van der Waals surface area contributed by atoms with Crippen LogP contribution >= 0.6 is 0 Å². The third-order valence-electron chi connectivity index (χ3n) is 3.48. The maximum absolute atomic E-state index is 13.8. The Kier molecular flexibility index (Phi) is 4.80. The average molecular weight is 466 g/mol. The number of rotatable bonds is 2. The highest BCUT2D eigenvalue weighted by Crippen LogP contribution is 2.72. The van der Waals surface area contributed by atoms with Crippen LogP contribution in [-0.2, 0) is 4.74 Å². The Morgan fingerprint density at radius 3 is 0.786 bits per heavy atom. The molecule has 1 nitrogen and oxygen atoms in total. The first-order valence-corrected chi connectivity index (χ1v) is 5.81. The minimum Gasteiger partial charge on any atom is -0.304 e. The maximum atomic E-state index is 13.8. The Hall–Kier alpha value is -1.30. The van der Waals surface area contributed by atoms with Gasteiger partial charge in [0.25, 0.3) is 0 Å². The summed E-state index contributed by atoms with van der Waals surface area (Å²) in [5.74, 6) is -39.7. The summed E-state index contributed by atoms with van der Waals surface area (Å²) in [4.78, 5) is 0. The first-order chi connectivity index (χ1) is 11.7. The van der Waals surface area contributed by atoms with Crippen molar-refractivity contribution in [3.05, 3.63) is 0 Å². The Bertz CT molecular complexity index is 556. The Balaban J connectivity index is 4.01. The molecule has 168 valence electrons. The highest BCUT2D eigenvalue weighted by molar-refractivity contribution is 5.25. The topological polar surface area (TPSA) is 9.23 Å². The van der Waals surface area contributed by atoms with Crippen molar-refractivity contribution < 1.29 is 83.8 Å². The quantitative estimate of drug-likeness (QED) is 0.479. The molecule has 1 aliphatic carbocycles. The molecule has 19 heteroatoms. The van der Waals surface area contributed by atoms with E-state index in [0.29, 0.717) is 0 Å². The van der Waals surface area contributed by atoms with E-state index in [1.807, 2.05) is 0 Å². The van der Waals surface area contributed by atoms with Crippen LogP contribution in [0.2, 0.25) is 0 Å². The summed E-state index contributed by atoms with van der Waals surface area (Å²) in [6, 6.07) is 0. The molecule has 0 amide bonds. The van der Waals surface area contributed by atoms with E-state index in [1.165, 1.54) is 4.74 Å². The maximum Gasteiger partial charge on any atom is 0.435 e. The van der Waals surface area contributed by atoms with Gasteiger partial charge in [0.1, 0.15) is 0 Å². The molecule has 1 saturated carbocycles. The summed E-state index contributed by atoms with van der Waals surface area (Å²) in [6.07, 6.45) is -24.5. The molecule has 0 aromatic heterocycles. The molecule has 0 atom stereocenters. The lowest BCUT2D eigenvalue weighted by Crippen LogP contribution is -2.73. The molecule has 0 spiro atoms. The van der Waals surface area contributed by atoms with Crippen LogP contribution in [0, 0.1) is 0 Å². The van der Waals surface area contributed by atoms with Crippen molar-refractivity contribution in [1.29, 1.82) is 0 Å². The van der Waals surface area contributed by atoms with Crippen LogP contribution in [0.15, 0.2) is 0 Å².